The van der Waals surface area contributed by atoms with Crippen molar-refractivity contribution in [3.8, 4) is 0 Å². The molecule has 0 aliphatic carbocycles. The van der Waals surface area contributed by atoms with Crippen molar-refractivity contribution in [2.75, 3.05) is 0 Å². The minimum absolute atomic E-state index is 0.163. The average Bonchev–Trinajstić information content (AvgIpc) is 2.51. The highest BCUT2D eigenvalue weighted by atomic mass is 16.6. The highest BCUT2D eigenvalue weighted by Gasteiger charge is 2.47. The van der Waals surface area contributed by atoms with E-state index in [0.29, 0.717) is 12.0 Å². The molecule has 1 amide bonds. The van der Waals surface area contributed by atoms with Gasteiger partial charge in [-0.05, 0) is 46.0 Å². The molecule has 0 unspecified atom stereocenters. The van der Waals surface area contributed by atoms with Gasteiger partial charge in [-0.25, -0.2) is 4.79 Å². The predicted molar refractivity (Wildman–Crippen MR) is 66.6 cm³/mol. The van der Waals surface area contributed by atoms with E-state index in [1.165, 1.54) is 0 Å². The van der Waals surface area contributed by atoms with Crippen LogP contribution in [0.5, 0.6) is 0 Å². The number of hydrogen-bond acceptors (Lipinski definition) is 3. The standard InChI is InChI=1S/C13H24N2O2/c1-8-10(14)7-9-5-6-11(8)15(9)12(16)17-13(2,3)4/h8-11H,5-7,14H2,1-4H3/t8-,9+,10-,11-/m0/s1. The van der Waals surface area contributed by atoms with E-state index in [9.17, 15) is 4.79 Å². The van der Waals surface area contributed by atoms with Crippen LogP contribution < -0.4 is 5.73 Å². The van der Waals surface area contributed by atoms with Gasteiger partial charge < -0.3 is 15.4 Å². The summed E-state index contributed by atoms with van der Waals surface area (Å²) in [6, 6.07) is 0.797. The molecule has 2 aliphatic rings. The molecular formula is C13H24N2O2. The SMILES string of the molecule is C[C@H]1[C@@H](N)C[C@H]2CC[C@@H]1N2C(=O)OC(C)(C)C. The summed E-state index contributed by atoms with van der Waals surface area (Å²) in [6.45, 7) is 7.87. The van der Waals surface area contributed by atoms with Gasteiger partial charge in [-0.2, -0.15) is 0 Å². The second kappa shape index (κ2) is 4.16. The molecule has 2 fully saturated rings. The maximum Gasteiger partial charge on any atom is 0.410 e. The number of piperidine rings is 1. The minimum atomic E-state index is -0.417. The fourth-order valence-electron chi connectivity index (χ4n) is 3.07. The zero-order chi connectivity index (χ0) is 12.8. The lowest BCUT2D eigenvalue weighted by Gasteiger charge is -2.42. The number of rotatable bonds is 0. The van der Waals surface area contributed by atoms with Crippen molar-refractivity contribution < 1.29 is 9.53 Å². The predicted octanol–water partition coefficient (Wildman–Crippen LogP) is 2.12. The Hall–Kier alpha value is -0.770. The molecule has 2 saturated heterocycles. The normalized spacial score (nSPS) is 37.1. The fourth-order valence-corrected chi connectivity index (χ4v) is 3.07. The number of nitrogens with two attached hydrogens (primary N) is 1. The zero-order valence-electron chi connectivity index (χ0n) is 11.3. The molecule has 2 rings (SSSR count). The molecule has 0 radical (unpaired) electrons. The van der Waals surface area contributed by atoms with Crippen molar-refractivity contribution in [2.24, 2.45) is 11.7 Å². The summed E-state index contributed by atoms with van der Waals surface area (Å²) in [5, 5.41) is 0. The molecule has 17 heavy (non-hydrogen) atoms. The summed E-state index contributed by atoms with van der Waals surface area (Å²) in [7, 11) is 0. The van der Waals surface area contributed by atoms with Crippen LogP contribution >= 0.6 is 0 Å². The number of hydrogen-bond donors (Lipinski definition) is 1. The summed E-state index contributed by atoms with van der Waals surface area (Å²) >= 11 is 0. The molecule has 98 valence electrons. The lowest BCUT2D eigenvalue weighted by Crippen LogP contribution is -2.55. The van der Waals surface area contributed by atoms with Crippen LogP contribution in [0.4, 0.5) is 4.79 Å². The molecule has 4 heteroatoms. The minimum Gasteiger partial charge on any atom is -0.444 e. The van der Waals surface area contributed by atoms with Gasteiger partial charge in [-0.1, -0.05) is 6.92 Å². The van der Waals surface area contributed by atoms with Gasteiger partial charge in [0.2, 0.25) is 0 Å². The Morgan fingerprint density at radius 1 is 1.35 bits per heavy atom. The first-order valence-corrected chi connectivity index (χ1v) is 6.56. The van der Waals surface area contributed by atoms with E-state index in [4.69, 9.17) is 10.5 Å². The Kier molecular flexibility index (Phi) is 3.10. The summed E-state index contributed by atoms with van der Waals surface area (Å²) in [4.78, 5) is 14.1. The van der Waals surface area contributed by atoms with Crippen LogP contribution in [0.25, 0.3) is 0 Å². The van der Waals surface area contributed by atoms with Gasteiger partial charge in [-0.3, -0.25) is 0 Å². The van der Waals surface area contributed by atoms with Crippen LogP contribution in [0.1, 0.15) is 47.0 Å². The number of fused-ring (bicyclic) bond motifs is 2. The number of carbonyl (C=O) groups excluding carboxylic acids is 1. The summed E-state index contributed by atoms with van der Waals surface area (Å²) in [5.41, 5.74) is 5.69. The van der Waals surface area contributed by atoms with Crippen molar-refractivity contribution in [3.63, 3.8) is 0 Å². The number of ether oxygens (including phenoxy) is 1. The maximum absolute atomic E-state index is 12.2. The van der Waals surface area contributed by atoms with Gasteiger partial charge in [0, 0.05) is 18.1 Å². The van der Waals surface area contributed by atoms with Crippen LogP contribution in [0.2, 0.25) is 0 Å². The average molecular weight is 240 g/mol. The van der Waals surface area contributed by atoms with Gasteiger partial charge >= 0.3 is 6.09 Å². The van der Waals surface area contributed by atoms with Crippen molar-refractivity contribution in [1.29, 1.82) is 0 Å². The molecule has 0 saturated carbocycles. The fraction of sp³-hybridized carbons (Fsp3) is 0.923. The van der Waals surface area contributed by atoms with Crippen LogP contribution in [0, 0.1) is 5.92 Å². The van der Waals surface area contributed by atoms with Gasteiger partial charge in [-0.15, -0.1) is 0 Å². The van der Waals surface area contributed by atoms with E-state index in [1.54, 1.807) is 0 Å². The van der Waals surface area contributed by atoms with Crippen LogP contribution in [0.3, 0.4) is 0 Å². The first kappa shape index (κ1) is 12.7. The summed E-state index contributed by atoms with van der Waals surface area (Å²) in [5.74, 6) is 0.376. The lowest BCUT2D eigenvalue weighted by atomic mass is 9.88. The number of amides is 1. The topological polar surface area (TPSA) is 55.6 Å². The van der Waals surface area contributed by atoms with E-state index in [2.05, 4.69) is 6.92 Å². The number of carbonyl (C=O) groups is 1. The third-order valence-corrected chi connectivity index (χ3v) is 3.98. The Balaban J connectivity index is 2.10. The second-order valence-corrected chi connectivity index (χ2v) is 6.44. The quantitative estimate of drug-likeness (QED) is 0.705. The van der Waals surface area contributed by atoms with Crippen molar-refractivity contribution in [1.82, 2.24) is 4.90 Å². The molecule has 0 aromatic heterocycles. The molecular weight excluding hydrogens is 216 g/mol. The molecule has 2 bridgehead atoms. The molecule has 0 aromatic carbocycles. The Morgan fingerprint density at radius 3 is 2.59 bits per heavy atom. The van der Waals surface area contributed by atoms with Crippen molar-refractivity contribution in [3.05, 3.63) is 0 Å². The van der Waals surface area contributed by atoms with E-state index < -0.39 is 5.60 Å². The molecule has 4 nitrogen and oxygen atoms in total. The second-order valence-electron chi connectivity index (χ2n) is 6.44. The van der Waals surface area contributed by atoms with E-state index >= 15 is 0 Å². The highest BCUT2D eigenvalue weighted by molar-refractivity contribution is 5.69. The van der Waals surface area contributed by atoms with E-state index in [1.807, 2.05) is 25.7 Å². The first-order valence-electron chi connectivity index (χ1n) is 6.56. The zero-order valence-corrected chi connectivity index (χ0v) is 11.3. The van der Waals surface area contributed by atoms with Crippen LogP contribution in [0.15, 0.2) is 0 Å². The molecule has 0 spiro atoms. The smallest absolute Gasteiger partial charge is 0.410 e. The molecule has 2 heterocycles. The largest absolute Gasteiger partial charge is 0.444 e. The third-order valence-electron chi connectivity index (χ3n) is 3.98. The van der Waals surface area contributed by atoms with Crippen LogP contribution in [-0.4, -0.2) is 34.7 Å². The maximum atomic E-state index is 12.2. The van der Waals surface area contributed by atoms with Gasteiger partial charge in [0.1, 0.15) is 5.60 Å². The Morgan fingerprint density at radius 2 is 2.00 bits per heavy atom. The summed E-state index contributed by atoms with van der Waals surface area (Å²) < 4.78 is 5.49. The van der Waals surface area contributed by atoms with E-state index in [-0.39, 0.29) is 18.2 Å². The van der Waals surface area contributed by atoms with E-state index in [0.717, 1.165) is 19.3 Å². The molecule has 4 atom stereocenters. The van der Waals surface area contributed by atoms with Gasteiger partial charge in [0.25, 0.3) is 0 Å². The van der Waals surface area contributed by atoms with Crippen LogP contribution in [-0.2, 0) is 4.74 Å². The molecule has 2 aliphatic heterocycles. The van der Waals surface area contributed by atoms with Gasteiger partial charge in [0.15, 0.2) is 0 Å². The Bertz CT molecular complexity index is 311. The van der Waals surface area contributed by atoms with Gasteiger partial charge in [0.05, 0.1) is 0 Å². The monoisotopic (exact) mass is 240 g/mol. The molecule has 0 aromatic rings. The Labute approximate surface area is 103 Å². The first-order chi connectivity index (χ1) is 7.79. The number of nitrogens with zero attached hydrogens (tertiary/aromatic N) is 1. The lowest BCUT2D eigenvalue weighted by molar-refractivity contribution is -0.00265. The van der Waals surface area contributed by atoms with Crippen molar-refractivity contribution >= 4 is 6.09 Å². The molecule has 2 N–H and O–H groups in total. The highest BCUT2D eigenvalue weighted by Crippen LogP contribution is 2.39. The third kappa shape index (κ3) is 2.41. The summed E-state index contributed by atoms with van der Waals surface area (Å²) in [6.07, 6.45) is 2.89. The van der Waals surface area contributed by atoms with Crippen molar-refractivity contribution in [2.45, 2.75) is 70.7 Å².